The predicted octanol–water partition coefficient (Wildman–Crippen LogP) is 3.30. The van der Waals surface area contributed by atoms with Crippen molar-refractivity contribution in [1.82, 2.24) is 10.6 Å². The Kier molecular flexibility index (Phi) is 7.47. The van der Waals surface area contributed by atoms with Gasteiger partial charge in [0.1, 0.15) is 12.7 Å². The van der Waals surface area contributed by atoms with Gasteiger partial charge in [0.15, 0.2) is 0 Å². The Morgan fingerprint density at radius 2 is 1.74 bits per heavy atom. The summed E-state index contributed by atoms with van der Waals surface area (Å²) in [5.74, 6) is -1.37. The van der Waals surface area contributed by atoms with Crippen LogP contribution in [0.1, 0.15) is 43.2 Å². The van der Waals surface area contributed by atoms with E-state index < -0.39 is 18.2 Å². The van der Waals surface area contributed by atoms with Crippen LogP contribution in [0.4, 0.5) is 4.79 Å². The van der Waals surface area contributed by atoms with Crippen molar-refractivity contribution in [3.63, 3.8) is 0 Å². The maximum absolute atomic E-state index is 12.6. The van der Waals surface area contributed by atoms with Crippen molar-refractivity contribution in [3.05, 3.63) is 59.7 Å². The van der Waals surface area contributed by atoms with E-state index in [9.17, 15) is 14.4 Å². The number of ether oxygens (including phenoxy) is 2. The summed E-state index contributed by atoms with van der Waals surface area (Å²) in [5.41, 5.74) is 4.63. The number of amides is 2. The van der Waals surface area contributed by atoms with E-state index in [0.717, 1.165) is 11.1 Å². The molecular weight excluding hydrogens is 436 g/mol. The van der Waals surface area contributed by atoms with E-state index in [2.05, 4.69) is 34.9 Å². The van der Waals surface area contributed by atoms with Crippen LogP contribution in [0.2, 0.25) is 0 Å². The molecule has 0 aromatic heterocycles. The maximum atomic E-state index is 12.6. The fourth-order valence-electron chi connectivity index (χ4n) is 4.73. The zero-order valence-corrected chi connectivity index (χ0v) is 19.2. The van der Waals surface area contributed by atoms with Gasteiger partial charge in [-0.1, -0.05) is 48.5 Å². The Bertz CT molecular complexity index is 1010. The molecule has 2 aromatic rings. The van der Waals surface area contributed by atoms with Crippen LogP contribution in [0.5, 0.6) is 0 Å². The molecule has 2 aromatic carbocycles. The summed E-state index contributed by atoms with van der Waals surface area (Å²) in [4.78, 5) is 35.7. The first-order valence-electron chi connectivity index (χ1n) is 11.7. The molecule has 0 radical (unpaired) electrons. The second-order valence-corrected chi connectivity index (χ2v) is 8.89. The molecule has 2 aliphatic rings. The molecule has 0 spiro atoms. The summed E-state index contributed by atoms with van der Waals surface area (Å²) < 4.78 is 11.2. The number of nitrogens with one attached hydrogen (secondary N) is 2. The molecule has 1 saturated heterocycles. The van der Waals surface area contributed by atoms with Gasteiger partial charge in [-0.05, 0) is 42.0 Å². The van der Waals surface area contributed by atoms with E-state index >= 15 is 0 Å². The molecule has 0 bridgehead atoms. The van der Waals surface area contributed by atoms with Crippen LogP contribution in [-0.2, 0) is 19.1 Å². The number of rotatable bonds is 9. The highest BCUT2D eigenvalue weighted by molar-refractivity contribution is 5.82. The van der Waals surface area contributed by atoms with E-state index in [1.165, 1.54) is 11.1 Å². The lowest BCUT2D eigenvalue weighted by Gasteiger charge is -2.21. The van der Waals surface area contributed by atoms with E-state index in [-0.39, 0.29) is 43.4 Å². The number of carboxylic acids is 1. The molecule has 1 heterocycles. The SMILES string of the molecule is CC(CCC(=O)O)NC(=O)[C@H]1OCC[C@H]1CNC(=O)OCC1c2ccccc2-c2ccccc21. The lowest BCUT2D eigenvalue weighted by atomic mass is 9.98. The fourth-order valence-corrected chi connectivity index (χ4v) is 4.73. The Labute approximate surface area is 198 Å². The first-order chi connectivity index (χ1) is 16.4. The lowest BCUT2D eigenvalue weighted by molar-refractivity contribution is -0.138. The quantitative estimate of drug-likeness (QED) is 0.523. The predicted molar refractivity (Wildman–Crippen MR) is 125 cm³/mol. The summed E-state index contributed by atoms with van der Waals surface area (Å²) in [6.45, 7) is 2.68. The highest BCUT2D eigenvalue weighted by atomic mass is 16.5. The molecule has 3 N–H and O–H groups in total. The van der Waals surface area contributed by atoms with Crippen LogP contribution in [0.3, 0.4) is 0 Å². The minimum Gasteiger partial charge on any atom is -0.481 e. The van der Waals surface area contributed by atoms with Crippen LogP contribution < -0.4 is 10.6 Å². The highest BCUT2D eigenvalue weighted by Crippen LogP contribution is 2.44. The van der Waals surface area contributed by atoms with Crippen LogP contribution in [0.25, 0.3) is 11.1 Å². The van der Waals surface area contributed by atoms with Gasteiger partial charge in [0.05, 0.1) is 0 Å². The van der Waals surface area contributed by atoms with E-state index in [1.54, 1.807) is 6.92 Å². The molecule has 1 aliphatic carbocycles. The Hall–Kier alpha value is -3.39. The zero-order chi connectivity index (χ0) is 24.1. The van der Waals surface area contributed by atoms with E-state index in [0.29, 0.717) is 19.4 Å². The van der Waals surface area contributed by atoms with Gasteiger partial charge in [-0.25, -0.2) is 4.79 Å². The standard InChI is InChI=1S/C26H30N2O6/c1-16(10-11-23(29)30)28-25(31)24-17(12-13-33-24)14-27-26(32)34-15-22-20-8-4-2-6-18(20)19-7-3-5-9-21(19)22/h2-9,16-17,22,24H,10-15H2,1H3,(H,27,32)(H,28,31)(H,29,30)/t16?,17-,24-/m0/s1. The van der Waals surface area contributed by atoms with Crippen molar-refractivity contribution in [2.45, 2.75) is 44.2 Å². The van der Waals surface area contributed by atoms with Gasteiger partial charge in [-0.3, -0.25) is 9.59 Å². The molecule has 1 unspecified atom stereocenters. The topological polar surface area (TPSA) is 114 Å². The molecule has 1 aliphatic heterocycles. The number of carbonyl (C=O) groups is 3. The summed E-state index contributed by atoms with van der Waals surface area (Å²) in [5, 5.41) is 14.4. The van der Waals surface area contributed by atoms with Gasteiger partial charge in [0.25, 0.3) is 0 Å². The number of fused-ring (bicyclic) bond motifs is 3. The number of alkyl carbamates (subject to hydrolysis) is 1. The monoisotopic (exact) mass is 466 g/mol. The number of carboxylic acid groups (broad SMARTS) is 1. The third kappa shape index (κ3) is 5.39. The van der Waals surface area contributed by atoms with Gasteiger partial charge >= 0.3 is 12.1 Å². The van der Waals surface area contributed by atoms with Crippen LogP contribution in [-0.4, -0.2) is 55.0 Å². The normalized spacial score (nSPS) is 19.7. The van der Waals surface area contributed by atoms with Crippen molar-refractivity contribution in [1.29, 1.82) is 0 Å². The van der Waals surface area contributed by atoms with Crippen LogP contribution in [0.15, 0.2) is 48.5 Å². The molecule has 180 valence electrons. The highest BCUT2D eigenvalue weighted by Gasteiger charge is 2.35. The van der Waals surface area contributed by atoms with Gasteiger partial charge in [0, 0.05) is 37.5 Å². The Balaban J connectivity index is 1.27. The molecule has 4 rings (SSSR count). The van der Waals surface area contributed by atoms with E-state index in [4.69, 9.17) is 14.6 Å². The molecular formula is C26H30N2O6. The first-order valence-corrected chi connectivity index (χ1v) is 11.7. The lowest BCUT2D eigenvalue weighted by Crippen LogP contribution is -2.45. The first kappa shape index (κ1) is 23.8. The van der Waals surface area contributed by atoms with E-state index in [1.807, 2.05) is 24.3 Å². The number of carbonyl (C=O) groups excluding carboxylic acids is 2. The molecule has 2 amide bonds. The van der Waals surface area contributed by atoms with Gasteiger partial charge < -0.3 is 25.2 Å². The van der Waals surface area contributed by atoms with Gasteiger partial charge in [-0.15, -0.1) is 0 Å². The number of aliphatic carboxylic acids is 1. The van der Waals surface area contributed by atoms with Gasteiger partial charge in [0.2, 0.25) is 5.91 Å². The number of benzene rings is 2. The van der Waals surface area contributed by atoms with Gasteiger partial charge in [-0.2, -0.15) is 0 Å². The molecule has 1 fully saturated rings. The maximum Gasteiger partial charge on any atom is 0.407 e. The van der Waals surface area contributed by atoms with Crippen molar-refractivity contribution in [3.8, 4) is 11.1 Å². The average molecular weight is 467 g/mol. The molecule has 3 atom stereocenters. The summed E-state index contributed by atoms with van der Waals surface area (Å²) in [6.07, 6.45) is -0.231. The minimum atomic E-state index is -0.900. The van der Waals surface area contributed by atoms with Crippen molar-refractivity contribution >= 4 is 18.0 Å². The largest absolute Gasteiger partial charge is 0.481 e. The Morgan fingerprint density at radius 1 is 1.09 bits per heavy atom. The van der Waals surface area contributed by atoms with Crippen LogP contribution >= 0.6 is 0 Å². The number of hydrogen-bond donors (Lipinski definition) is 3. The minimum absolute atomic E-state index is 0.0141. The second kappa shape index (κ2) is 10.7. The third-order valence-corrected chi connectivity index (χ3v) is 6.50. The number of hydrogen-bond acceptors (Lipinski definition) is 5. The van der Waals surface area contributed by atoms with Crippen LogP contribution in [0, 0.1) is 5.92 Å². The van der Waals surface area contributed by atoms with Crippen molar-refractivity contribution in [2.75, 3.05) is 19.8 Å². The fraction of sp³-hybridized carbons (Fsp3) is 0.423. The summed E-state index contributed by atoms with van der Waals surface area (Å²) in [7, 11) is 0. The molecule has 8 heteroatoms. The average Bonchev–Trinajstić information content (AvgIpc) is 3.43. The summed E-state index contributed by atoms with van der Waals surface area (Å²) >= 11 is 0. The smallest absolute Gasteiger partial charge is 0.407 e. The van der Waals surface area contributed by atoms with Crippen molar-refractivity contribution in [2.24, 2.45) is 5.92 Å². The third-order valence-electron chi connectivity index (χ3n) is 6.50. The zero-order valence-electron chi connectivity index (χ0n) is 19.2. The summed E-state index contributed by atoms with van der Waals surface area (Å²) in [6, 6.07) is 16.0. The Morgan fingerprint density at radius 3 is 2.38 bits per heavy atom. The van der Waals surface area contributed by atoms with Crippen molar-refractivity contribution < 1.29 is 29.0 Å². The molecule has 8 nitrogen and oxygen atoms in total. The molecule has 0 saturated carbocycles. The second-order valence-electron chi connectivity index (χ2n) is 8.89. The molecule has 34 heavy (non-hydrogen) atoms.